The van der Waals surface area contributed by atoms with Crippen LogP contribution in [0.4, 0.5) is 5.82 Å². The molecular formula is C32H42N6O2. The Morgan fingerprint density at radius 3 is 2.50 bits per heavy atom. The summed E-state index contributed by atoms with van der Waals surface area (Å²) in [5, 5.41) is 10.2. The van der Waals surface area contributed by atoms with Crippen molar-refractivity contribution in [3.63, 3.8) is 0 Å². The molecule has 3 N–H and O–H groups in total. The molecule has 2 aromatic carbocycles. The highest BCUT2D eigenvalue weighted by molar-refractivity contribution is 6.06. The number of piperidine rings is 1. The van der Waals surface area contributed by atoms with Gasteiger partial charge in [0.05, 0.1) is 17.5 Å². The number of anilines is 1. The lowest BCUT2D eigenvalue weighted by Gasteiger charge is -2.37. The van der Waals surface area contributed by atoms with E-state index in [9.17, 15) is 4.79 Å². The molecule has 0 atom stereocenters. The van der Waals surface area contributed by atoms with E-state index < -0.39 is 5.97 Å². The summed E-state index contributed by atoms with van der Waals surface area (Å²) in [6, 6.07) is 16.9. The number of pyridine rings is 1. The molecule has 4 aromatic rings. The van der Waals surface area contributed by atoms with Crippen molar-refractivity contribution in [1.29, 1.82) is 0 Å². The highest BCUT2D eigenvalue weighted by Gasteiger charge is 2.24. The molecular weight excluding hydrogens is 500 g/mol. The van der Waals surface area contributed by atoms with E-state index in [0.717, 1.165) is 105 Å². The number of rotatable bonds is 12. The van der Waals surface area contributed by atoms with Gasteiger partial charge >= 0.3 is 5.97 Å². The van der Waals surface area contributed by atoms with E-state index in [4.69, 9.17) is 15.8 Å². The number of aliphatic carboxylic acids is 1. The Hall–Kier alpha value is -3.49. The number of hydrogen-bond acceptors (Lipinski definition) is 6. The number of unbranched alkanes of at least 4 members (excludes halogenated alkanes) is 1. The molecule has 8 heteroatoms. The first-order valence-corrected chi connectivity index (χ1v) is 14.7. The van der Waals surface area contributed by atoms with Crippen molar-refractivity contribution in [2.45, 2.75) is 71.0 Å². The normalized spacial score (nSPS) is 15.0. The molecule has 1 fully saturated rings. The number of aryl methyl sites for hydroxylation is 2. The largest absolute Gasteiger partial charge is 0.481 e. The second-order valence-corrected chi connectivity index (χ2v) is 11.2. The Balaban J connectivity index is 1.38. The van der Waals surface area contributed by atoms with Gasteiger partial charge in [-0.3, -0.25) is 9.69 Å². The van der Waals surface area contributed by atoms with Crippen LogP contribution < -0.4 is 5.73 Å². The SMILES string of the molecule is CCCCc1nc2c(N)nc3ccccc3c2n1CCCN(Cc1ccc(CC(=O)O)cc1)C1CCN(C)CC1. The molecule has 40 heavy (non-hydrogen) atoms. The van der Waals surface area contributed by atoms with Crippen molar-refractivity contribution in [2.24, 2.45) is 0 Å². The zero-order valence-corrected chi connectivity index (χ0v) is 23.9. The number of likely N-dealkylation sites (tertiary alicyclic amines) is 1. The lowest BCUT2D eigenvalue weighted by molar-refractivity contribution is -0.136. The third-order valence-corrected chi connectivity index (χ3v) is 8.24. The molecule has 5 rings (SSSR count). The van der Waals surface area contributed by atoms with E-state index >= 15 is 0 Å². The summed E-state index contributed by atoms with van der Waals surface area (Å²) in [5.41, 5.74) is 11.3. The quantitative estimate of drug-likeness (QED) is 0.256. The number of nitrogens with zero attached hydrogens (tertiary/aromatic N) is 5. The van der Waals surface area contributed by atoms with Crippen molar-refractivity contribution in [3.8, 4) is 0 Å². The first kappa shape index (κ1) is 28.1. The fourth-order valence-corrected chi connectivity index (χ4v) is 6.03. The van der Waals surface area contributed by atoms with Gasteiger partial charge < -0.3 is 20.3 Å². The molecule has 1 saturated heterocycles. The number of para-hydroxylation sites is 1. The molecule has 8 nitrogen and oxygen atoms in total. The highest BCUT2D eigenvalue weighted by atomic mass is 16.4. The summed E-state index contributed by atoms with van der Waals surface area (Å²) in [6.45, 7) is 7.18. The fourth-order valence-electron chi connectivity index (χ4n) is 6.03. The molecule has 0 spiro atoms. The Morgan fingerprint density at radius 2 is 1.77 bits per heavy atom. The second kappa shape index (κ2) is 12.8. The number of nitrogen functional groups attached to an aromatic ring is 1. The molecule has 0 unspecified atom stereocenters. The first-order chi connectivity index (χ1) is 19.4. The van der Waals surface area contributed by atoms with Crippen LogP contribution >= 0.6 is 0 Å². The molecule has 212 valence electrons. The van der Waals surface area contributed by atoms with Crippen LogP contribution in [0.15, 0.2) is 48.5 Å². The zero-order chi connectivity index (χ0) is 28.1. The number of carboxylic acids is 1. The molecule has 2 aromatic heterocycles. The van der Waals surface area contributed by atoms with E-state index in [2.05, 4.69) is 57.6 Å². The van der Waals surface area contributed by atoms with Crippen molar-refractivity contribution in [1.82, 2.24) is 24.3 Å². The molecule has 3 heterocycles. The summed E-state index contributed by atoms with van der Waals surface area (Å²) in [6.07, 6.45) is 6.53. The van der Waals surface area contributed by atoms with Gasteiger partial charge in [0.1, 0.15) is 11.3 Å². The number of hydrogen-bond donors (Lipinski definition) is 2. The van der Waals surface area contributed by atoms with Gasteiger partial charge in [-0.1, -0.05) is 55.8 Å². The predicted octanol–water partition coefficient (Wildman–Crippen LogP) is 5.12. The number of carboxylic acid groups (broad SMARTS) is 1. The minimum atomic E-state index is -0.795. The average Bonchev–Trinajstić information content (AvgIpc) is 3.32. The predicted molar refractivity (Wildman–Crippen MR) is 161 cm³/mol. The summed E-state index contributed by atoms with van der Waals surface area (Å²) < 4.78 is 2.40. The standard InChI is InChI=1S/C32H42N6O2/c1-3-4-10-28-35-30-31(26-8-5-6-9-27(26)34-32(30)33)38(28)18-7-17-37(25-15-19-36(2)20-16-25)22-24-13-11-23(12-14-24)21-29(39)40/h5-6,8-9,11-14,25H,3-4,7,10,15-22H2,1-2H3,(H2,33,34)(H,39,40). The Kier molecular flexibility index (Phi) is 8.97. The molecule has 0 radical (unpaired) electrons. The third-order valence-electron chi connectivity index (χ3n) is 8.24. The first-order valence-electron chi connectivity index (χ1n) is 14.7. The molecule has 1 aliphatic rings. The van der Waals surface area contributed by atoms with Crippen LogP contribution in [0.5, 0.6) is 0 Å². The maximum Gasteiger partial charge on any atom is 0.307 e. The van der Waals surface area contributed by atoms with Crippen LogP contribution in [0.3, 0.4) is 0 Å². The van der Waals surface area contributed by atoms with E-state index in [0.29, 0.717) is 11.9 Å². The number of benzene rings is 2. The fraction of sp³-hybridized carbons (Fsp3) is 0.469. The van der Waals surface area contributed by atoms with Crippen LogP contribution in [0, 0.1) is 0 Å². The van der Waals surface area contributed by atoms with Gasteiger partial charge in [-0.2, -0.15) is 0 Å². The number of fused-ring (bicyclic) bond motifs is 3. The molecule has 0 bridgehead atoms. The number of imidazole rings is 1. The summed E-state index contributed by atoms with van der Waals surface area (Å²) >= 11 is 0. The van der Waals surface area contributed by atoms with Crippen molar-refractivity contribution in [3.05, 3.63) is 65.5 Å². The minimum Gasteiger partial charge on any atom is -0.481 e. The minimum absolute atomic E-state index is 0.0624. The van der Waals surface area contributed by atoms with Gasteiger partial charge in [-0.05, 0) is 63.0 Å². The van der Waals surface area contributed by atoms with Crippen molar-refractivity contribution >= 4 is 33.7 Å². The zero-order valence-electron chi connectivity index (χ0n) is 23.9. The number of nitrogens with two attached hydrogens (primary N) is 1. The lowest BCUT2D eigenvalue weighted by atomic mass is 10.0. The molecule has 1 aliphatic heterocycles. The van der Waals surface area contributed by atoms with E-state index in [1.807, 2.05) is 24.3 Å². The number of aromatic nitrogens is 3. The Morgan fingerprint density at radius 1 is 1.05 bits per heavy atom. The monoisotopic (exact) mass is 542 g/mol. The summed E-state index contributed by atoms with van der Waals surface area (Å²) in [5.74, 6) is 0.808. The lowest BCUT2D eigenvalue weighted by Crippen LogP contribution is -2.44. The molecule has 0 saturated carbocycles. The van der Waals surface area contributed by atoms with Gasteiger partial charge in [-0.15, -0.1) is 0 Å². The summed E-state index contributed by atoms with van der Waals surface area (Å²) in [4.78, 5) is 25.8. The van der Waals surface area contributed by atoms with Gasteiger partial charge in [0.25, 0.3) is 0 Å². The van der Waals surface area contributed by atoms with Crippen molar-refractivity contribution in [2.75, 3.05) is 32.4 Å². The van der Waals surface area contributed by atoms with Crippen LogP contribution in [0.2, 0.25) is 0 Å². The number of carbonyl (C=O) groups is 1. The molecule has 0 aliphatic carbocycles. The van der Waals surface area contributed by atoms with E-state index in [1.54, 1.807) is 0 Å². The van der Waals surface area contributed by atoms with Gasteiger partial charge in [0.15, 0.2) is 5.82 Å². The second-order valence-electron chi connectivity index (χ2n) is 11.2. The highest BCUT2D eigenvalue weighted by Crippen LogP contribution is 2.30. The summed E-state index contributed by atoms with van der Waals surface area (Å²) in [7, 11) is 2.20. The van der Waals surface area contributed by atoms with Crippen LogP contribution in [0.1, 0.15) is 56.0 Å². The van der Waals surface area contributed by atoms with Crippen LogP contribution in [-0.4, -0.2) is 68.1 Å². The van der Waals surface area contributed by atoms with Crippen LogP contribution in [0.25, 0.3) is 21.9 Å². The van der Waals surface area contributed by atoms with Gasteiger partial charge in [0, 0.05) is 37.5 Å². The van der Waals surface area contributed by atoms with Gasteiger partial charge in [-0.25, -0.2) is 9.97 Å². The topological polar surface area (TPSA) is 101 Å². The van der Waals surface area contributed by atoms with Crippen LogP contribution in [-0.2, 0) is 30.7 Å². The van der Waals surface area contributed by atoms with Crippen molar-refractivity contribution < 1.29 is 9.90 Å². The third kappa shape index (κ3) is 6.45. The van der Waals surface area contributed by atoms with E-state index in [1.165, 1.54) is 5.56 Å². The van der Waals surface area contributed by atoms with Gasteiger partial charge in [0.2, 0.25) is 0 Å². The van der Waals surface area contributed by atoms with E-state index in [-0.39, 0.29) is 6.42 Å². The Bertz CT molecular complexity index is 1440. The molecule has 0 amide bonds. The maximum absolute atomic E-state index is 11.1. The Labute approximate surface area is 236 Å². The smallest absolute Gasteiger partial charge is 0.307 e. The maximum atomic E-state index is 11.1. The average molecular weight is 543 g/mol.